The molecular formula is C11H16Cl2N2O3S. The minimum absolute atomic E-state index is 0.0291. The molecule has 0 heterocycles. The number of nitrogens with two attached hydrogens (primary N) is 1. The summed E-state index contributed by atoms with van der Waals surface area (Å²) < 4.78 is 26.8. The molecule has 0 amide bonds. The summed E-state index contributed by atoms with van der Waals surface area (Å²) in [6, 6.07) is 2.32. The van der Waals surface area contributed by atoms with Crippen molar-refractivity contribution in [1.82, 2.24) is 4.72 Å². The summed E-state index contributed by atoms with van der Waals surface area (Å²) in [4.78, 5) is -0.118. The Hall–Kier alpha value is -0.530. The fourth-order valence-electron chi connectivity index (χ4n) is 1.54. The molecule has 0 radical (unpaired) electrons. The van der Waals surface area contributed by atoms with E-state index in [0.717, 1.165) is 0 Å². The highest BCUT2D eigenvalue weighted by molar-refractivity contribution is 7.89. The first-order valence-electron chi connectivity index (χ1n) is 5.70. The molecule has 0 aliphatic heterocycles. The van der Waals surface area contributed by atoms with Crippen LogP contribution in [0.5, 0.6) is 0 Å². The average Bonchev–Trinajstić information content (AvgIpc) is 2.34. The van der Waals surface area contributed by atoms with Gasteiger partial charge in [-0.1, -0.05) is 30.1 Å². The number of hydrogen-bond donors (Lipinski definition) is 3. The Bertz CT molecular complexity index is 549. The normalized spacial score (nSPS) is 13.5. The highest BCUT2D eigenvalue weighted by Gasteiger charge is 2.23. The zero-order valence-electron chi connectivity index (χ0n) is 10.4. The Morgan fingerprint density at radius 2 is 2.05 bits per heavy atom. The number of rotatable bonds is 6. The van der Waals surface area contributed by atoms with Gasteiger partial charge in [0.25, 0.3) is 0 Å². The van der Waals surface area contributed by atoms with Crippen LogP contribution in [0.1, 0.15) is 19.8 Å². The van der Waals surface area contributed by atoms with Crippen molar-refractivity contribution in [1.29, 1.82) is 0 Å². The van der Waals surface area contributed by atoms with E-state index in [1.54, 1.807) is 0 Å². The largest absolute Gasteiger partial charge is 0.396 e. The SMILES string of the molecule is CCC(CCO)NS(=O)(=O)c1ccc(Cl)c(N)c1Cl. The number of aliphatic hydroxyl groups excluding tert-OH is 1. The first-order chi connectivity index (χ1) is 8.83. The minimum atomic E-state index is -3.80. The molecule has 8 heteroatoms. The zero-order valence-corrected chi connectivity index (χ0v) is 12.7. The van der Waals surface area contributed by atoms with E-state index in [4.69, 9.17) is 34.0 Å². The standard InChI is InChI=1S/C11H16Cl2N2O3S/c1-2-7(5-6-16)15-19(17,18)9-4-3-8(12)11(14)10(9)13/h3-4,7,15-16H,2,5-6,14H2,1H3. The van der Waals surface area contributed by atoms with Crippen molar-refractivity contribution in [3.63, 3.8) is 0 Å². The van der Waals surface area contributed by atoms with Crippen molar-refractivity contribution >= 4 is 38.9 Å². The lowest BCUT2D eigenvalue weighted by Crippen LogP contribution is -2.35. The Morgan fingerprint density at radius 3 is 2.58 bits per heavy atom. The van der Waals surface area contributed by atoms with Gasteiger partial charge in [-0.2, -0.15) is 0 Å². The fourth-order valence-corrected chi connectivity index (χ4v) is 3.66. The minimum Gasteiger partial charge on any atom is -0.396 e. The van der Waals surface area contributed by atoms with Gasteiger partial charge in [-0.15, -0.1) is 0 Å². The number of sulfonamides is 1. The second kappa shape index (κ2) is 6.76. The summed E-state index contributed by atoms with van der Waals surface area (Å²) in [5.74, 6) is 0. The summed E-state index contributed by atoms with van der Waals surface area (Å²) >= 11 is 11.7. The fraction of sp³-hybridized carbons (Fsp3) is 0.455. The van der Waals surface area contributed by atoms with Gasteiger partial charge in [0.05, 0.1) is 15.7 Å². The predicted octanol–water partition coefficient (Wildman–Crippen LogP) is 2.01. The van der Waals surface area contributed by atoms with Crippen molar-refractivity contribution < 1.29 is 13.5 Å². The molecule has 0 aromatic heterocycles. The van der Waals surface area contributed by atoms with Gasteiger partial charge in [-0.3, -0.25) is 0 Å². The van der Waals surface area contributed by atoms with Gasteiger partial charge >= 0.3 is 0 Å². The third-order valence-electron chi connectivity index (χ3n) is 2.67. The van der Waals surface area contributed by atoms with E-state index in [9.17, 15) is 8.42 Å². The van der Waals surface area contributed by atoms with Crippen molar-refractivity contribution in [2.75, 3.05) is 12.3 Å². The monoisotopic (exact) mass is 326 g/mol. The van der Waals surface area contributed by atoms with Crippen molar-refractivity contribution in [2.45, 2.75) is 30.7 Å². The molecule has 0 aliphatic carbocycles. The Labute approximate surface area is 122 Å². The molecule has 0 aliphatic rings. The molecule has 19 heavy (non-hydrogen) atoms. The van der Waals surface area contributed by atoms with Crippen LogP contribution in [0.15, 0.2) is 17.0 Å². The molecule has 0 bridgehead atoms. The van der Waals surface area contributed by atoms with Gasteiger partial charge in [0, 0.05) is 12.6 Å². The first-order valence-corrected chi connectivity index (χ1v) is 7.94. The van der Waals surface area contributed by atoms with Gasteiger partial charge in [0.15, 0.2) is 0 Å². The second-order valence-corrected chi connectivity index (χ2v) is 6.48. The molecule has 0 spiro atoms. The first kappa shape index (κ1) is 16.5. The van der Waals surface area contributed by atoms with Crippen LogP contribution in [-0.2, 0) is 10.0 Å². The molecule has 1 unspecified atom stereocenters. The third kappa shape index (κ3) is 3.97. The second-order valence-electron chi connectivity index (χ2n) is 4.01. The van der Waals surface area contributed by atoms with E-state index in [0.29, 0.717) is 12.8 Å². The molecular weight excluding hydrogens is 311 g/mol. The van der Waals surface area contributed by atoms with Crippen molar-refractivity contribution in [3.8, 4) is 0 Å². The highest BCUT2D eigenvalue weighted by atomic mass is 35.5. The van der Waals surface area contributed by atoms with E-state index in [2.05, 4.69) is 4.72 Å². The lowest BCUT2D eigenvalue weighted by molar-refractivity contribution is 0.270. The van der Waals surface area contributed by atoms with E-state index in [1.807, 2.05) is 6.92 Å². The molecule has 4 N–H and O–H groups in total. The Morgan fingerprint density at radius 1 is 1.42 bits per heavy atom. The molecule has 1 rings (SSSR count). The average molecular weight is 327 g/mol. The van der Waals surface area contributed by atoms with Gasteiger partial charge in [-0.05, 0) is 25.0 Å². The Kier molecular flexibility index (Phi) is 5.88. The maximum Gasteiger partial charge on any atom is 0.242 e. The van der Waals surface area contributed by atoms with Crippen LogP contribution < -0.4 is 10.5 Å². The van der Waals surface area contributed by atoms with Crippen molar-refractivity contribution in [3.05, 3.63) is 22.2 Å². The van der Waals surface area contributed by atoms with E-state index >= 15 is 0 Å². The number of anilines is 1. The quantitative estimate of drug-likeness (QED) is 0.697. The maximum absolute atomic E-state index is 12.2. The summed E-state index contributed by atoms with van der Waals surface area (Å²) in [5, 5.41) is 8.97. The number of nitrogens with one attached hydrogen (secondary N) is 1. The van der Waals surface area contributed by atoms with Crippen LogP contribution in [0.25, 0.3) is 0 Å². The number of nitrogen functional groups attached to an aromatic ring is 1. The maximum atomic E-state index is 12.2. The van der Waals surface area contributed by atoms with Gasteiger partial charge in [0.1, 0.15) is 4.90 Å². The number of aliphatic hydroxyl groups is 1. The van der Waals surface area contributed by atoms with Gasteiger partial charge < -0.3 is 10.8 Å². The molecule has 0 saturated heterocycles. The van der Waals surface area contributed by atoms with Crippen LogP contribution in [0.2, 0.25) is 10.0 Å². The molecule has 0 fully saturated rings. The third-order valence-corrected chi connectivity index (χ3v) is 5.08. The molecule has 108 valence electrons. The molecule has 1 atom stereocenters. The summed E-state index contributed by atoms with van der Waals surface area (Å²) in [5.41, 5.74) is 5.63. The lowest BCUT2D eigenvalue weighted by Gasteiger charge is -2.17. The van der Waals surface area contributed by atoms with Gasteiger partial charge in [-0.25, -0.2) is 13.1 Å². The number of halogens is 2. The van der Waals surface area contributed by atoms with E-state index < -0.39 is 10.0 Å². The van der Waals surface area contributed by atoms with Crippen LogP contribution >= 0.6 is 23.2 Å². The molecule has 5 nitrogen and oxygen atoms in total. The molecule has 1 aromatic rings. The Balaban J connectivity index is 3.10. The zero-order chi connectivity index (χ0) is 14.6. The van der Waals surface area contributed by atoms with E-state index in [1.165, 1.54) is 12.1 Å². The summed E-state index contributed by atoms with van der Waals surface area (Å²) in [6.07, 6.45) is 0.886. The smallest absolute Gasteiger partial charge is 0.242 e. The molecule has 0 saturated carbocycles. The highest BCUT2D eigenvalue weighted by Crippen LogP contribution is 2.33. The van der Waals surface area contributed by atoms with Gasteiger partial charge in [0.2, 0.25) is 10.0 Å². The van der Waals surface area contributed by atoms with E-state index in [-0.39, 0.29) is 33.3 Å². The van der Waals surface area contributed by atoms with Crippen LogP contribution in [0.4, 0.5) is 5.69 Å². The molecule has 1 aromatic carbocycles. The number of hydrogen-bond acceptors (Lipinski definition) is 4. The van der Waals surface area contributed by atoms with Crippen LogP contribution in [0, 0.1) is 0 Å². The van der Waals surface area contributed by atoms with Crippen LogP contribution in [-0.4, -0.2) is 26.2 Å². The number of benzene rings is 1. The summed E-state index contributed by atoms with van der Waals surface area (Å²) in [7, 11) is -3.80. The van der Waals surface area contributed by atoms with Crippen molar-refractivity contribution in [2.24, 2.45) is 0 Å². The summed E-state index contributed by atoms with van der Waals surface area (Å²) in [6.45, 7) is 1.72. The topological polar surface area (TPSA) is 92.4 Å². The van der Waals surface area contributed by atoms with Crippen LogP contribution in [0.3, 0.4) is 0 Å². The predicted molar refractivity (Wildman–Crippen MR) is 77.0 cm³/mol. The lowest BCUT2D eigenvalue weighted by atomic mass is 10.2.